The van der Waals surface area contributed by atoms with Crippen LogP contribution in [0.1, 0.15) is 12.8 Å². The van der Waals surface area contributed by atoms with E-state index in [4.69, 9.17) is 0 Å². The third-order valence-electron chi connectivity index (χ3n) is 2.09. The molecule has 2 N–H and O–H groups in total. The average molecular weight is 167 g/mol. The molecule has 0 aromatic heterocycles. The summed E-state index contributed by atoms with van der Waals surface area (Å²) in [7, 11) is 5.89. The van der Waals surface area contributed by atoms with Gasteiger partial charge in [0.2, 0.25) is 0 Å². The highest BCUT2D eigenvalue weighted by atomic mass is 15.5. The number of hydrogen-bond donors (Lipinski definition) is 2. The fourth-order valence-electron chi connectivity index (χ4n) is 1.33. The first-order valence-corrected chi connectivity index (χ1v) is 4.29. The second-order valence-corrected chi connectivity index (χ2v) is 2.82. The fraction of sp³-hybridized carbons (Fsp3) is 0.556. The summed E-state index contributed by atoms with van der Waals surface area (Å²) in [6, 6.07) is 0. The lowest BCUT2D eigenvalue weighted by Crippen LogP contribution is -2.33. The van der Waals surface area contributed by atoms with Gasteiger partial charge in [-0.1, -0.05) is 12.2 Å². The summed E-state index contributed by atoms with van der Waals surface area (Å²) in [6.07, 6.45) is 6.73. The van der Waals surface area contributed by atoms with Crippen LogP contribution >= 0.6 is 0 Å². The van der Waals surface area contributed by atoms with Crippen molar-refractivity contribution < 1.29 is 0 Å². The summed E-state index contributed by atoms with van der Waals surface area (Å²) in [5.41, 5.74) is 5.52. The van der Waals surface area contributed by atoms with E-state index in [1.807, 2.05) is 26.2 Å². The summed E-state index contributed by atoms with van der Waals surface area (Å²) in [5.74, 6) is 0. The second kappa shape index (κ2) is 4.16. The first kappa shape index (κ1) is 9.13. The lowest BCUT2D eigenvalue weighted by molar-refractivity contribution is 0.332. The van der Waals surface area contributed by atoms with E-state index in [1.54, 1.807) is 0 Å². The Labute approximate surface area is 74.1 Å². The van der Waals surface area contributed by atoms with Crippen molar-refractivity contribution in [2.24, 2.45) is 0 Å². The van der Waals surface area contributed by atoms with E-state index < -0.39 is 0 Å². The molecular weight excluding hydrogens is 150 g/mol. The zero-order valence-electron chi connectivity index (χ0n) is 8.02. The zero-order valence-corrected chi connectivity index (χ0v) is 8.02. The van der Waals surface area contributed by atoms with Gasteiger partial charge in [-0.3, -0.25) is 0 Å². The van der Waals surface area contributed by atoms with Crippen LogP contribution in [0.3, 0.4) is 0 Å². The first-order chi connectivity index (χ1) is 5.79. The average Bonchev–Trinajstić information content (AvgIpc) is 2.16. The maximum atomic E-state index is 3.18. The van der Waals surface area contributed by atoms with Crippen molar-refractivity contribution in [2.75, 3.05) is 21.1 Å². The van der Waals surface area contributed by atoms with Crippen molar-refractivity contribution in [3.05, 3.63) is 23.5 Å². The van der Waals surface area contributed by atoms with E-state index in [0.29, 0.717) is 0 Å². The molecule has 0 spiro atoms. The van der Waals surface area contributed by atoms with Gasteiger partial charge in [0.25, 0.3) is 0 Å². The monoisotopic (exact) mass is 167 g/mol. The van der Waals surface area contributed by atoms with Crippen LogP contribution in [0.2, 0.25) is 0 Å². The highest BCUT2D eigenvalue weighted by Crippen LogP contribution is 2.17. The molecule has 0 fully saturated rings. The second-order valence-electron chi connectivity index (χ2n) is 2.82. The Morgan fingerprint density at radius 1 is 1.25 bits per heavy atom. The molecule has 0 heterocycles. The Morgan fingerprint density at radius 3 is 2.50 bits per heavy atom. The lowest BCUT2D eigenvalue weighted by atomic mass is 10.1. The summed E-state index contributed by atoms with van der Waals surface area (Å²) in [4.78, 5) is 0. The number of hydrazine groups is 1. The molecular formula is C9H17N3. The Balaban J connectivity index is 2.73. The number of rotatable bonds is 3. The van der Waals surface area contributed by atoms with Crippen LogP contribution in [0.15, 0.2) is 23.5 Å². The molecule has 0 bridgehead atoms. The minimum atomic E-state index is 1.13. The van der Waals surface area contributed by atoms with Crippen LogP contribution in [0.4, 0.5) is 0 Å². The summed E-state index contributed by atoms with van der Waals surface area (Å²) in [5, 5.41) is 5.20. The Bertz CT molecular complexity index is 206. The van der Waals surface area contributed by atoms with Gasteiger partial charge in [-0.15, -0.1) is 0 Å². The van der Waals surface area contributed by atoms with Crippen molar-refractivity contribution in [1.29, 1.82) is 0 Å². The van der Waals surface area contributed by atoms with Gasteiger partial charge < -0.3 is 10.3 Å². The molecule has 0 aliphatic heterocycles. The van der Waals surface area contributed by atoms with Crippen molar-refractivity contribution in [3.63, 3.8) is 0 Å². The molecule has 1 rings (SSSR count). The molecule has 1 aliphatic carbocycles. The number of nitrogens with zero attached hydrogens (tertiary/aromatic N) is 1. The van der Waals surface area contributed by atoms with Crippen molar-refractivity contribution in [1.82, 2.24) is 15.8 Å². The van der Waals surface area contributed by atoms with Gasteiger partial charge in [-0.2, -0.15) is 0 Å². The highest BCUT2D eigenvalue weighted by Gasteiger charge is 2.09. The van der Waals surface area contributed by atoms with Crippen LogP contribution < -0.4 is 10.7 Å². The van der Waals surface area contributed by atoms with Crippen molar-refractivity contribution in [3.8, 4) is 0 Å². The van der Waals surface area contributed by atoms with Crippen LogP contribution in [-0.4, -0.2) is 26.2 Å². The molecule has 0 radical (unpaired) electrons. The van der Waals surface area contributed by atoms with Gasteiger partial charge in [0.1, 0.15) is 0 Å². The number of nitrogens with one attached hydrogen (secondary N) is 2. The lowest BCUT2D eigenvalue weighted by Gasteiger charge is -2.25. The topological polar surface area (TPSA) is 27.3 Å². The van der Waals surface area contributed by atoms with Gasteiger partial charge in [-0.05, 0) is 12.8 Å². The van der Waals surface area contributed by atoms with E-state index in [-0.39, 0.29) is 0 Å². The summed E-state index contributed by atoms with van der Waals surface area (Å²) < 4.78 is 0. The summed E-state index contributed by atoms with van der Waals surface area (Å²) >= 11 is 0. The largest absolute Gasteiger partial charge is 0.387 e. The Kier molecular flexibility index (Phi) is 3.17. The fourth-order valence-corrected chi connectivity index (χ4v) is 1.33. The van der Waals surface area contributed by atoms with Gasteiger partial charge in [0, 0.05) is 21.1 Å². The molecule has 1 aliphatic rings. The molecule has 0 amide bonds. The van der Waals surface area contributed by atoms with E-state index in [0.717, 1.165) is 12.8 Å². The van der Waals surface area contributed by atoms with Crippen LogP contribution in [-0.2, 0) is 0 Å². The predicted molar refractivity (Wildman–Crippen MR) is 51.3 cm³/mol. The van der Waals surface area contributed by atoms with Crippen molar-refractivity contribution >= 4 is 0 Å². The third kappa shape index (κ3) is 1.80. The van der Waals surface area contributed by atoms with Gasteiger partial charge >= 0.3 is 0 Å². The zero-order chi connectivity index (χ0) is 8.97. The predicted octanol–water partition coefficient (Wildman–Crippen LogP) is 0.834. The smallest absolute Gasteiger partial charge is 0.0704 e. The molecule has 0 saturated heterocycles. The molecule has 0 atom stereocenters. The maximum absolute atomic E-state index is 3.18. The van der Waals surface area contributed by atoms with E-state index in [2.05, 4.69) is 22.9 Å². The number of likely N-dealkylation sites (N-methyl/N-ethyl adjacent to an activating group) is 2. The van der Waals surface area contributed by atoms with E-state index in [9.17, 15) is 0 Å². The third-order valence-corrected chi connectivity index (χ3v) is 2.09. The molecule has 0 unspecified atom stereocenters. The Morgan fingerprint density at radius 2 is 1.92 bits per heavy atom. The SMILES string of the molecule is CNC1=CCCC=C1N(C)NC. The molecule has 0 aromatic carbocycles. The normalized spacial score (nSPS) is 16.6. The van der Waals surface area contributed by atoms with Crippen LogP contribution in [0, 0.1) is 0 Å². The standard InChI is InChI=1S/C9H17N3/c1-10-8-6-4-5-7-9(8)12(3)11-2/h6-7,10-11H,4-5H2,1-3H3. The van der Waals surface area contributed by atoms with Gasteiger partial charge in [-0.25, -0.2) is 5.43 Å². The van der Waals surface area contributed by atoms with E-state index in [1.165, 1.54) is 11.4 Å². The van der Waals surface area contributed by atoms with Crippen LogP contribution in [0.5, 0.6) is 0 Å². The number of allylic oxidation sites excluding steroid dienone is 2. The van der Waals surface area contributed by atoms with Gasteiger partial charge in [0.15, 0.2) is 0 Å². The highest BCUT2D eigenvalue weighted by molar-refractivity contribution is 5.30. The first-order valence-electron chi connectivity index (χ1n) is 4.29. The minimum absolute atomic E-state index is 1.13. The maximum Gasteiger partial charge on any atom is 0.0704 e. The Hall–Kier alpha value is -0.960. The molecule has 68 valence electrons. The molecule has 0 aromatic rings. The summed E-state index contributed by atoms with van der Waals surface area (Å²) in [6.45, 7) is 0. The number of hydrogen-bond acceptors (Lipinski definition) is 3. The van der Waals surface area contributed by atoms with Gasteiger partial charge in [0.05, 0.1) is 11.4 Å². The minimum Gasteiger partial charge on any atom is -0.387 e. The molecule has 3 heteroatoms. The van der Waals surface area contributed by atoms with Crippen LogP contribution in [0.25, 0.3) is 0 Å². The molecule has 0 saturated carbocycles. The molecule has 12 heavy (non-hydrogen) atoms. The van der Waals surface area contributed by atoms with Crippen molar-refractivity contribution in [2.45, 2.75) is 12.8 Å². The molecule has 3 nitrogen and oxygen atoms in total. The van der Waals surface area contributed by atoms with E-state index >= 15 is 0 Å². The quantitative estimate of drug-likeness (QED) is 0.610.